The van der Waals surface area contributed by atoms with Crippen LogP contribution in [0.3, 0.4) is 0 Å². The molecule has 0 spiro atoms. The van der Waals surface area contributed by atoms with Gasteiger partial charge in [0.1, 0.15) is 24.7 Å². The summed E-state index contributed by atoms with van der Waals surface area (Å²) >= 11 is 16.8. The van der Waals surface area contributed by atoms with Crippen molar-refractivity contribution in [3.8, 4) is 0 Å². The summed E-state index contributed by atoms with van der Waals surface area (Å²) in [6.07, 6.45) is 0.925. The van der Waals surface area contributed by atoms with Crippen molar-refractivity contribution in [2.45, 2.75) is 69.4 Å². The zero-order chi connectivity index (χ0) is 26.3. The Balaban J connectivity index is 2.87. The Hall–Kier alpha value is -1.33. The van der Waals surface area contributed by atoms with E-state index in [9.17, 15) is 19.2 Å². The number of carbonyl (C=O) groups is 4. The van der Waals surface area contributed by atoms with Crippen molar-refractivity contribution < 1.29 is 28.7 Å². The molecule has 3 atom stereocenters. The van der Waals surface area contributed by atoms with Crippen LogP contribution in [0.5, 0.6) is 0 Å². The Bertz CT molecular complexity index is 739. The second kappa shape index (κ2) is 13.1. The number of nitrogens with zero attached hydrogens (tertiary/aromatic N) is 1. The monoisotopic (exact) mass is 544 g/mol. The minimum atomic E-state index is -1.75. The van der Waals surface area contributed by atoms with Crippen LogP contribution >= 0.6 is 34.8 Å². The van der Waals surface area contributed by atoms with E-state index in [2.05, 4.69) is 16.1 Å². The van der Waals surface area contributed by atoms with Crippen molar-refractivity contribution in [3.63, 3.8) is 0 Å². The second-order valence-electron chi connectivity index (χ2n) is 9.50. The summed E-state index contributed by atoms with van der Waals surface area (Å²) in [4.78, 5) is 50.9. The van der Waals surface area contributed by atoms with Gasteiger partial charge in [-0.15, -0.1) is 0 Å². The first-order valence-corrected chi connectivity index (χ1v) is 12.1. The molecule has 0 bridgehead atoms. The van der Waals surface area contributed by atoms with E-state index in [0.717, 1.165) is 0 Å². The van der Waals surface area contributed by atoms with Gasteiger partial charge in [0.2, 0.25) is 15.6 Å². The molecule has 3 N–H and O–H groups in total. The number of rotatable bonds is 9. The maximum absolute atomic E-state index is 13.1. The molecule has 1 heterocycles. The predicted octanol–water partition coefficient (Wildman–Crippen LogP) is 1.71. The lowest BCUT2D eigenvalue weighted by atomic mass is 9.93. The molecule has 1 rings (SSSR count). The molecule has 0 saturated carbocycles. The highest BCUT2D eigenvalue weighted by atomic mass is 35.6. The molecule has 0 aliphatic carbocycles. The highest BCUT2D eigenvalue weighted by molar-refractivity contribution is 6.67. The minimum Gasteiger partial charge on any atom is -0.460 e. The quantitative estimate of drug-likeness (QED) is 0.297. The molecule has 0 aromatic carbocycles. The van der Waals surface area contributed by atoms with E-state index in [-0.39, 0.29) is 18.4 Å². The van der Waals surface area contributed by atoms with E-state index >= 15 is 0 Å². The summed E-state index contributed by atoms with van der Waals surface area (Å²) in [6.45, 7) is 8.58. The van der Waals surface area contributed by atoms with Crippen LogP contribution in [-0.2, 0) is 28.7 Å². The summed E-state index contributed by atoms with van der Waals surface area (Å²) in [5, 5.41) is 6.65. The van der Waals surface area contributed by atoms with E-state index in [4.69, 9.17) is 44.3 Å². The molecule has 34 heavy (non-hydrogen) atoms. The van der Waals surface area contributed by atoms with Crippen LogP contribution in [0.2, 0.25) is 0 Å². The Kier molecular flexibility index (Phi) is 11.8. The Labute approximate surface area is 215 Å². The average Bonchev–Trinajstić information content (AvgIpc) is 2.73. The molecule has 196 valence electrons. The number of amides is 3. The third-order valence-electron chi connectivity index (χ3n) is 4.98. The highest BCUT2D eigenvalue weighted by Gasteiger charge is 2.36. The van der Waals surface area contributed by atoms with Crippen LogP contribution in [0, 0.1) is 11.3 Å². The van der Waals surface area contributed by atoms with Crippen molar-refractivity contribution in [3.05, 3.63) is 0 Å². The summed E-state index contributed by atoms with van der Waals surface area (Å²) in [6, 6.07) is -2.72. The van der Waals surface area contributed by atoms with E-state index in [1.807, 2.05) is 0 Å². The molecule has 1 fully saturated rings. The standard InChI is InChI=1S/C21H35Cl3N4O6/c1-12(2)15(26-19(32)20(3,4)5)16(29)25-14(10-33-6)17(30)28-9-7-8-13(27-28)18(31)34-11-21(22,23)24/h12-15,27H,7-11H2,1-6H3,(H,25,29)(H,26,32)/t13-,14-,15-/m0/s1. The second-order valence-corrected chi connectivity index (χ2v) is 12.0. The van der Waals surface area contributed by atoms with Crippen molar-refractivity contribution >= 4 is 58.5 Å². The van der Waals surface area contributed by atoms with Crippen molar-refractivity contribution in [1.29, 1.82) is 0 Å². The van der Waals surface area contributed by atoms with E-state index < -0.39 is 51.7 Å². The third kappa shape index (κ3) is 10.1. The Morgan fingerprint density at radius 1 is 1.12 bits per heavy atom. The molecular formula is C21H35Cl3N4O6. The van der Waals surface area contributed by atoms with Crippen molar-refractivity contribution in [2.75, 3.05) is 26.9 Å². The molecule has 1 saturated heterocycles. The molecule has 3 amide bonds. The van der Waals surface area contributed by atoms with Crippen LogP contribution < -0.4 is 16.1 Å². The highest BCUT2D eigenvalue weighted by Crippen LogP contribution is 2.26. The molecule has 0 unspecified atom stereocenters. The fourth-order valence-electron chi connectivity index (χ4n) is 3.05. The molecule has 1 aliphatic rings. The predicted molar refractivity (Wildman–Crippen MR) is 129 cm³/mol. The Morgan fingerprint density at radius 3 is 2.24 bits per heavy atom. The number of hydrogen-bond acceptors (Lipinski definition) is 7. The number of carbonyl (C=O) groups excluding carboxylic acids is 4. The van der Waals surface area contributed by atoms with Crippen LogP contribution in [0.1, 0.15) is 47.5 Å². The van der Waals surface area contributed by atoms with Gasteiger partial charge in [-0.05, 0) is 18.8 Å². The summed E-state index contributed by atoms with van der Waals surface area (Å²) in [7, 11) is 1.40. The summed E-state index contributed by atoms with van der Waals surface area (Å²) < 4.78 is 8.38. The van der Waals surface area contributed by atoms with Gasteiger partial charge in [0.15, 0.2) is 0 Å². The third-order valence-corrected chi connectivity index (χ3v) is 5.31. The van der Waals surface area contributed by atoms with E-state index in [1.165, 1.54) is 12.1 Å². The zero-order valence-electron chi connectivity index (χ0n) is 20.4. The molecule has 10 nitrogen and oxygen atoms in total. The number of halogens is 3. The van der Waals surface area contributed by atoms with Gasteiger partial charge < -0.3 is 20.1 Å². The molecule has 0 radical (unpaired) electrons. The molecule has 0 aromatic heterocycles. The lowest BCUT2D eigenvalue weighted by Crippen LogP contribution is -2.62. The van der Waals surface area contributed by atoms with Crippen LogP contribution in [0.15, 0.2) is 0 Å². The van der Waals surface area contributed by atoms with Gasteiger partial charge in [0.05, 0.1) is 6.61 Å². The summed E-state index contributed by atoms with van der Waals surface area (Å²) in [5.74, 6) is -2.20. The first kappa shape index (κ1) is 30.7. The number of hydrogen-bond donors (Lipinski definition) is 3. The van der Waals surface area contributed by atoms with Gasteiger partial charge in [0.25, 0.3) is 5.91 Å². The molecule has 13 heteroatoms. The number of esters is 1. The SMILES string of the molecule is COC[C@H](NC(=O)[C@@H](NC(=O)C(C)(C)C)C(C)C)C(=O)N1CCC[C@@H](C(=O)OCC(Cl)(Cl)Cl)N1. The van der Waals surface area contributed by atoms with E-state index in [0.29, 0.717) is 19.4 Å². The van der Waals surface area contributed by atoms with Gasteiger partial charge in [0, 0.05) is 19.1 Å². The first-order valence-electron chi connectivity index (χ1n) is 11.0. The largest absolute Gasteiger partial charge is 0.460 e. The van der Waals surface area contributed by atoms with Gasteiger partial charge in [-0.1, -0.05) is 69.4 Å². The maximum Gasteiger partial charge on any atom is 0.325 e. The number of methoxy groups -OCH3 is 1. The molecular weight excluding hydrogens is 511 g/mol. The lowest BCUT2D eigenvalue weighted by Gasteiger charge is -2.35. The fraction of sp³-hybridized carbons (Fsp3) is 0.810. The zero-order valence-corrected chi connectivity index (χ0v) is 22.6. The van der Waals surface area contributed by atoms with Crippen LogP contribution in [-0.4, -0.2) is 77.5 Å². The normalized spacial score (nSPS) is 18.8. The maximum atomic E-state index is 13.1. The molecule has 0 aromatic rings. The Morgan fingerprint density at radius 2 is 1.74 bits per heavy atom. The van der Waals surface area contributed by atoms with E-state index in [1.54, 1.807) is 34.6 Å². The van der Waals surface area contributed by atoms with Crippen molar-refractivity contribution in [2.24, 2.45) is 11.3 Å². The average molecular weight is 546 g/mol. The van der Waals surface area contributed by atoms with Gasteiger partial charge in [-0.25, -0.2) is 5.43 Å². The smallest absolute Gasteiger partial charge is 0.325 e. The van der Waals surface area contributed by atoms with Gasteiger partial charge in [-0.2, -0.15) is 0 Å². The number of hydrazine groups is 1. The molecule has 1 aliphatic heterocycles. The number of alkyl halides is 3. The van der Waals surface area contributed by atoms with Gasteiger partial charge in [-0.3, -0.25) is 24.2 Å². The van der Waals surface area contributed by atoms with Gasteiger partial charge >= 0.3 is 5.97 Å². The fourth-order valence-corrected chi connectivity index (χ4v) is 3.22. The first-order chi connectivity index (χ1) is 15.6. The minimum absolute atomic E-state index is 0.108. The topological polar surface area (TPSA) is 126 Å². The van der Waals surface area contributed by atoms with Crippen LogP contribution in [0.25, 0.3) is 0 Å². The van der Waals surface area contributed by atoms with Crippen molar-refractivity contribution in [1.82, 2.24) is 21.1 Å². The van der Waals surface area contributed by atoms with Crippen LogP contribution in [0.4, 0.5) is 0 Å². The number of nitrogens with one attached hydrogen (secondary N) is 3. The summed E-state index contributed by atoms with van der Waals surface area (Å²) in [5.41, 5.74) is 2.12. The lowest BCUT2D eigenvalue weighted by molar-refractivity contribution is -0.153. The number of ether oxygens (including phenoxy) is 2.